The van der Waals surface area contributed by atoms with Crippen LogP contribution in [0, 0.1) is 0 Å². The van der Waals surface area contributed by atoms with E-state index in [2.05, 4.69) is 17.2 Å². The molecule has 0 aromatic carbocycles. The van der Waals surface area contributed by atoms with Crippen molar-refractivity contribution in [3.8, 4) is 0 Å². The first-order chi connectivity index (χ1) is 4.73. The molecule has 3 nitrogen and oxygen atoms in total. The molecule has 0 bridgehead atoms. The van der Waals surface area contributed by atoms with Gasteiger partial charge in [0.1, 0.15) is 12.2 Å². The van der Waals surface area contributed by atoms with E-state index in [1.807, 2.05) is 18.2 Å². The largest absolute Gasteiger partial charge is 0.579 e. The van der Waals surface area contributed by atoms with Gasteiger partial charge in [-0.25, -0.2) is 0 Å². The number of hydrogen-bond acceptors (Lipinski definition) is 2. The van der Waals surface area contributed by atoms with Gasteiger partial charge in [0.15, 0.2) is 0 Å². The van der Waals surface area contributed by atoms with Crippen LogP contribution in [0.2, 0.25) is 0 Å². The van der Waals surface area contributed by atoms with E-state index >= 15 is 0 Å². The second-order valence-corrected chi connectivity index (χ2v) is 2.81. The first-order valence-electron chi connectivity index (χ1n) is 2.43. The number of hydrogen-bond donors (Lipinski definition) is 2. The highest BCUT2D eigenvalue weighted by molar-refractivity contribution is 8.38. The van der Waals surface area contributed by atoms with Crippen molar-refractivity contribution in [3.63, 3.8) is 0 Å². The molecule has 10 heavy (non-hydrogen) atoms. The summed E-state index contributed by atoms with van der Waals surface area (Å²) in [5, 5.41) is 0. The van der Waals surface area contributed by atoms with E-state index in [1.165, 1.54) is 0 Å². The molecule has 1 atom stereocenters. The Kier molecular flexibility index (Phi) is 6.38. The molecule has 5 heteroatoms. The van der Waals surface area contributed by atoms with Crippen LogP contribution in [0.5, 0.6) is 0 Å². The predicted octanol–water partition coefficient (Wildman–Crippen LogP) is 1.65. The first-order valence-corrected chi connectivity index (χ1v) is 4.80. The summed E-state index contributed by atoms with van der Waals surface area (Å²) in [4.78, 5) is 11.2. The van der Waals surface area contributed by atoms with Gasteiger partial charge in [-0.2, -0.15) is 4.89 Å². The summed E-state index contributed by atoms with van der Waals surface area (Å²) in [5.74, 6) is 0. The van der Waals surface area contributed by atoms with Crippen LogP contribution in [0.15, 0.2) is 30.6 Å². The van der Waals surface area contributed by atoms with Gasteiger partial charge in [0, 0.05) is 12.4 Å². The Morgan fingerprint density at radius 2 is 1.70 bits per heavy atom. The third-order valence-corrected chi connectivity index (χ3v) is 0.566. The molecule has 1 aromatic rings. The molecule has 0 aliphatic heterocycles. The van der Waals surface area contributed by atoms with E-state index in [4.69, 9.17) is 9.46 Å². The Bertz CT molecular complexity index is 152. The van der Waals surface area contributed by atoms with Gasteiger partial charge >= 0.3 is 7.23 Å². The zero-order chi connectivity index (χ0) is 7.82. The zero-order valence-electron chi connectivity index (χ0n) is 5.08. The van der Waals surface area contributed by atoms with Crippen molar-refractivity contribution in [3.05, 3.63) is 30.6 Å². The average molecular weight is 176 g/mol. The predicted molar refractivity (Wildman–Crippen MR) is 43.0 cm³/mol. The summed E-state index contributed by atoms with van der Waals surface area (Å²) in [7, 11) is -2.18. The van der Waals surface area contributed by atoms with E-state index < -0.39 is 7.23 Å². The van der Waals surface area contributed by atoms with Gasteiger partial charge in [-0.3, -0.25) is 4.98 Å². The maximum atomic E-state index is 9.01. The van der Waals surface area contributed by atoms with Crippen LogP contribution in [0.25, 0.3) is 0 Å². The van der Waals surface area contributed by atoms with E-state index in [-0.39, 0.29) is 0 Å². The van der Waals surface area contributed by atoms with E-state index in [1.54, 1.807) is 12.4 Å². The smallest absolute Gasteiger partial charge is 0.265 e. The molecule has 0 spiro atoms. The highest BCUT2D eigenvalue weighted by Crippen LogP contribution is 2.16. The van der Waals surface area contributed by atoms with Crippen molar-refractivity contribution >= 4 is 19.5 Å². The van der Waals surface area contributed by atoms with Crippen molar-refractivity contribution in [2.45, 2.75) is 0 Å². The second-order valence-electron chi connectivity index (χ2n) is 1.28. The number of pyridine rings is 1. The lowest BCUT2D eigenvalue weighted by Crippen LogP contribution is -1.58. The highest BCUT2D eigenvalue weighted by atomic mass is 32.7. The third kappa shape index (κ3) is 10.5. The fourth-order valence-electron chi connectivity index (χ4n) is 0.313. The van der Waals surface area contributed by atoms with Crippen molar-refractivity contribution in [1.29, 1.82) is 0 Å². The molecule has 0 aliphatic rings. The molecule has 1 heterocycles. The van der Waals surface area contributed by atoms with Crippen molar-refractivity contribution < 1.29 is 9.46 Å². The summed E-state index contributed by atoms with van der Waals surface area (Å²) < 4.78 is 9.01. The topological polar surface area (TPSA) is 50.2 Å². The lowest BCUT2D eigenvalue weighted by atomic mass is 10.5. The summed E-state index contributed by atoms with van der Waals surface area (Å²) in [5.41, 5.74) is 0. The minimum absolute atomic E-state index is 1.75. The van der Waals surface area contributed by atoms with Crippen molar-refractivity contribution in [2.75, 3.05) is 0 Å². The normalized spacial score (nSPS) is 9.20. The monoisotopic (exact) mass is 176 g/mol. The van der Waals surface area contributed by atoms with Gasteiger partial charge in [-0.15, -0.1) is 0 Å². The van der Waals surface area contributed by atoms with Crippen LogP contribution < -0.4 is 0 Å². The number of nitrogens with zero attached hydrogens (tertiary/aromatic N) is 1. The van der Waals surface area contributed by atoms with Gasteiger partial charge < -0.3 is 0 Å². The van der Waals surface area contributed by atoms with Crippen LogP contribution in [-0.2, 0) is 4.57 Å². The molecule has 1 N–H and O–H groups in total. The third-order valence-electron chi connectivity index (χ3n) is 0.566. The highest BCUT2D eigenvalue weighted by Gasteiger charge is 1.90. The van der Waals surface area contributed by atoms with Gasteiger partial charge in [-0.05, 0) is 16.7 Å². The standard InChI is InChI=1S/C5H5N.HO2PS/c1-2-4-6-5-3-1;1-3(2)4/h1-5H;(H-,1,2,4)/p+1. The lowest BCUT2D eigenvalue weighted by Gasteiger charge is -1.70. The molecule has 0 amide bonds. The van der Waals surface area contributed by atoms with Crippen LogP contribution in [0.1, 0.15) is 0 Å². The van der Waals surface area contributed by atoms with Gasteiger partial charge in [0.2, 0.25) is 0 Å². The van der Waals surface area contributed by atoms with Gasteiger partial charge in [0.25, 0.3) is 0 Å². The Labute approximate surface area is 65.1 Å². The molecule has 1 rings (SSSR count). The Morgan fingerprint density at radius 1 is 1.30 bits per heavy atom. The van der Waals surface area contributed by atoms with Crippen LogP contribution in [0.4, 0.5) is 0 Å². The Hall–Kier alpha value is -0.440. The average Bonchev–Trinajstić information content (AvgIpc) is 1.90. The number of aromatic nitrogens is 1. The molecular formula is C5H7NO2PS+. The zero-order valence-corrected chi connectivity index (χ0v) is 6.87. The molecule has 0 saturated carbocycles. The summed E-state index contributed by atoms with van der Waals surface area (Å²) in [6.07, 6.45) is 3.50. The quantitative estimate of drug-likeness (QED) is 0.466. The Morgan fingerprint density at radius 3 is 1.80 bits per heavy atom. The van der Waals surface area contributed by atoms with Crippen LogP contribution in [-0.4, -0.2) is 9.88 Å². The SMILES string of the molecule is O=[P+](O)S.c1ccncc1. The molecular weight excluding hydrogens is 169 g/mol. The Balaban J connectivity index is 0.000000180. The van der Waals surface area contributed by atoms with Gasteiger partial charge in [0.05, 0.1) is 0 Å². The van der Waals surface area contributed by atoms with E-state index in [0.29, 0.717) is 0 Å². The molecule has 1 aromatic heterocycles. The fraction of sp³-hybridized carbons (Fsp3) is 0. The molecule has 1 unspecified atom stereocenters. The maximum Gasteiger partial charge on any atom is 0.579 e. The molecule has 0 radical (unpaired) electrons. The van der Waals surface area contributed by atoms with Crippen LogP contribution >= 0.6 is 19.5 Å². The van der Waals surface area contributed by atoms with E-state index in [0.717, 1.165) is 0 Å². The number of rotatable bonds is 0. The number of thiol groups is 1. The van der Waals surface area contributed by atoms with Crippen molar-refractivity contribution in [2.24, 2.45) is 0 Å². The van der Waals surface area contributed by atoms with Gasteiger partial charge in [-0.1, -0.05) is 6.07 Å². The maximum absolute atomic E-state index is 9.01. The summed E-state index contributed by atoms with van der Waals surface area (Å²) >= 11 is 3.03. The molecule has 0 saturated heterocycles. The molecule has 0 aliphatic carbocycles. The minimum atomic E-state index is -2.18. The fourth-order valence-corrected chi connectivity index (χ4v) is 0.313. The minimum Gasteiger partial charge on any atom is -0.265 e. The first kappa shape index (κ1) is 9.56. The van der Waals surface area contributed by atoms with Crippen LogP contribution in [0.3, 0.4) is 0 Å². The summed E-state index contributed by atoms with van der Waals surface area (Å²) in [6.45, 7) is 0. The van der Waals surface area contributed by atoms with E-state index in [9.17, 15) is 0 Å². The molecule has 54 valence electrons. The lowest BCUT2D eigenvalue weighted by molar-refractivity contribution is 0.520. The van der Waals surface area contributed by atoms with Crippen molar-refractivity contribution in [1.82, 2.24) is 4.98 Å². The summed E-state index contributed by atoms with van der Waals surface area (Å²) in [6, 6.07) is 5.72. The second kappa shape index (κ2) is 6.68. The molecule has 0 fully saturated rings.